The number of nitrogens with one attached hydrogen (secondary N) is 2. The average molecular weight is 295 g/mol. The molecule has 1 heterocycles. The molecule has 0 bridgehead atoms. The van der Waals surface area contributed by atoms with E-state index in [0.717, 1.165) is 43.8 Å². The standard InChI is InChI=1S/C16H23ClN2O/c1-12-11-14(8-10-18-12)16(20)19-9-2-3-13-4-6-15(17)7-5-13/h4-7,12,14,18H,2-3,8-11H2,1H3,(H,19,20)/t12-,14-/m0/s1. The Morgan fingerprint density at radius 1 is 1.40 bits per heavy atom. The van der Waals surface area contributed by atoms with Crippen molar-refractivity contribution in [3.8, 4) is 0 Å². The zero-order valence-corrected chi connectivity index (χ0v) is 12.7. The molecular weight excluding hydrogens is 272 g/mol. The topological polar surface area (TPSA) is 41.1 Å². The Balaban J connectivity index is 1.65. The highest BCUT2D eigenvalue weighted by Crippen LogP contribution is 2.16. The smallest absolute Gasteiger partial charge is 0.223 e. The van der Waals surface area contributed by atoms with E-state index in [1.165, 1.54) is 5.56 Å². The van der Waals surface area contributed by atoms with Gasteiger partial charge in [-0.3, -0.25) is 4.79 Å². The van der Waals surface area contributed by atoms with Crippen molar-refractivity contribution in [2.75, 3.05) is 13.1 Å². The summed E-state index contributed by atoms with van der Waals surface area (Å²) in [6, 6.07) is 8.35. The number of amides is 1. The van der Waals surface area contributed by atoms with Crippen LogP contribution >= 0.6 is 11.6 Å². The van der Waals surface area contributed by atoms with Crippen molar-refractivity contribution in [3.63, 3.8) is 0 Å². The van der Waals surface area contributed by atoms with Crippen molar-refractivity contribution >= 4 is 17.5 Å². The van der Waals surface area contributed by atoms with E-state index in [4.69, 9.17) is 11.6 Å². The Hall–Kier alpha value is -1.06. The Bertz CT molecular complexity index is 433. The van der Waals surface area contributed by atoms with Crippen molar-refractivity contribution in [1.82, 2.24) is 10.6 Å². The third-order valence-corrected chi connectivity index (χ3v) is 4.10. The van der Waals surface area contributed by atoms with Gasteiger partial charge in [0.1, 0.15) is 0 Å². The monoisotopic (exact) mass is 294 g/mol. The van der Waals surface area contributed by atoms with Crippen LogP contribution in [0.4, 0.5) is 0 Å². The zero-order chi connectivity index (χ0) is 14.4. The van der Waals surface area contributed by atoms with E-state index in [9.17, 15) is 4.79 Å². The highest BCUT2D eigenvalue weighted by Gasteiger charge is 2.24. The number of aryl methyl sites for hydroxylation is 1. The summed E-state index contributed by atoms with van der Waals surface area (Å²) in [5, 5.41) is 7.20. The lowest BCUT2D eigenvalue weighted by Crippen LogP contribution is -2.42. The third kappa shape index (κ3) is 4.80. The van der Waals surface area contributed by atoms with Crippen molar-refractivity contribution in [2.45, 2.75) is 38.6 Å². The summed E-state index contributed by atoms with van der Waals surface area (Å²) in [7, 11) is 0. The molecule has 0 spiro atoms. The second-order valence-electron chi connectivity index (χ2n) is 5.60. The fourth-order valence-corrected chi connectivity index (χ4v) is 2.80. The van der Waals surface area contributed by atoms with Crippen LogP contribution in [0, 0.1) is 5.92 Å². The minimum atomic E-state index is 0.182. The fraction of sp³-hybridized carbons (Fsp3) is 0.562. The predicted molar refractivity (Wildman–Crippen MR) is 83.0 cm³/mol. The molecule has 3 nitrogen and oxygen atoms in total. The molecule has 1 aliphatic heterocycles. The SMILES string of the molecule is C[C@H]1C[C@@H](C(=O)NCCCc2ccc(Cl)cc2)CCN1. The molecule has 1 aliphatic rings. The van der Waals surface area contributed by atoms with Crippen LogP contribution in [0.25, 0.3) is 0 Å². The highest BCUT2D eigenvalue weighted by atomic mass is 35.5. The van der Waals surface area contributed by atoms with Gasteiger partial charge in [0, 0.05) is 23.5 Å². The molecule has 0 aliphatic carbocycles. The second-order valence-corrected chi connectivity index (χ2v) is 6.03. The van der Waals surface area contributed by atoms with Gasteiger partial charge in [-0.25, -0.2) is 0 Å². The molecular formula is C16H23ClN2O. The summed E-state index contributed by atoms with van der Waals surface area (Å²) >= 11 is 5.85. The maximum atomic E-state index is 12.0. The van der Waals surface area contributed by atoms with Crippen molar-refractivity contribution in [3.05, 3.63) is 34.9 Å². The number of benzene rings is 1. The Kier molecular flexibility index (Phi) is 5.86. The predicted octanol–water partition coefficient (Wildman–Crippen LogP) is 2.78. The van der Waals surface area contributed by atoms with Crippen molar-refractivity contribution in [1.29, 1.82) is 0 Å². The van der Waals surface area contributed by atoms with Gasteiger partial charge in [-0.05, 0) is 56.8 Å². The molecule has 0 aromatic heterocycles. The minimum absolute atomic E-state index is 0.182. The molecule has 2 rings (SSSR count). The van der Waals surface area contributed by atoms with E-state index in [1.807, 2.05) is 24.3 Å². The Morgan fingerprint density at radius 2 is 2.15 bits per heavy atom. The van der Waals surface area contributed by atoms with Gasteiger partial charge in [0.15, 0.2) is 0 Å². The number of rotatable bonds is 5. The van der Waals surface area contributed by atoms with Gasteiger partial charge in [-0.1, -0.05) is 23.7 Å². The van der Waals surface area contributed by atoms with Crippen LogP contribution < -0.4 is 10.6 Å². The first-order chi connectivity index (χ1) is 9.65. The quantitative estimate of drug-likeness (QED) is 0.820. The molecule has 0 unspecified atom stereocenters. The summed E-state index contributed by atoms with van der Waals surface area (Å²) < 4.78 is 0. The number of halogens is 1. The molecule has 1 fully saturated rings. The van der Waals surface area contributed by atoms with E-state index in [-0.39, 0.29) is 11.8 Å². The molecule has 4 heteroatoms. The first-order valence-electron chi connectivity index (χ1n) is 7.40. The summed E-state index contributed by atoms with van der Waals surface area (Å²) in [5.41, 5.74) is 1.26. The normalized spacial score (nSPS) is 22.5. The van der Waals surface area contributed by atoms with Crippen LogP contribution in [-0.2, 0) is 11.2 Å². The largest absolute Gasteiger partial charge is 0.356 e. The van der Waals surface area contributed by atoms with Gasteiger partial charge in [0.25, 0.3) is 0 Å². The van der Waals surface area contributed by atoms with Crippen LogP contribution in [0.15, 0.2) is 24.3 Å². The number of carbonyl (C=O) groups excluding carboxylic acids is 1. The third-order valence-electron chi connectivity index (χ3n) is 3.85. The molecule has 2 N–H and O–H groups in total. The lowest BCUT2D eigenvalue weighted by Gasteiger charge is -2.27. The maximum absolute atomic E-state index is 12.0. The van der Waals surface area contributed by atoms with E-state index in [0.29, 0.717) is 6.04 Å². The van der Waals surface area contributed by atoms with Crippen LogP contribution in [0.1, 0.15) is 31.7 Å². The minimum Gasteiger partial charge on any atom is -0.356 e. The van der Waals surface area contributed by atoms with Crippen molar-refractivity contribution in [2.24, 2.45) is 5.92 Å². The number of hydrogen-bond acceptors (Lipinski definition) is 2. The summed E-state index contributed by atoms with van der Waals surface area (Å²) in [6.07, 6.45) is 3.84. The highest BCUT2D eigenvalue weighted by molar-refractivity contribution is 6.30. The molecule has 0 radical (unpaired) electrons. The fourth-order valence-electron chi connectivity index (χ4n) is 2.67. The number of piperidine rings is 1. The molecule has 20 heavy (non-hydrogen) atoms. The lowest BCUT2D eigenvalue weighted by molar-refractivity contribution is -0.126. The van der Waals surface area contributed by atoms with Crippen LogP contribution in [0.3, 0.4) is 0 Å². The molecule has 1 saturated heterocycles. The summed E-state index contributed by atoms with van der Waals surface area (Å²) in [5.74, 6) is 0.399. The lowest BCUT2D eigenvalue weighted by atomic mass is 9.92. The van der Waals surface area contributed by atoms with Gasteiger partial charge >= 0.3 is 0 Å². The molecule has 2 atom stereocenters. The zero-order valence-electron chi connectivity index (χ0n) is 12.0. The molecule has 1 aromatic rings. The van der Waals surface area contributed by atoms with Gasteiger partial charge < -0.3 is 10.6 Å². The summed E-state index contributed by atoms with van der Waals surface area (Å²) in [4.78, 5) is 12.0. The average Bonchev–Trinajstić information content (AvgIpc) is 2.45. The van der Waals surface area contributed by atoms with E-state index >= 15 is 0 Å². The molecule has 0 saturated carbocycles. The van der Waals surface area contributed by atoms with Gasteiger partial charge in [0.05, 0.1) is 0 Å². The van der Waals surface area contributed by atoms with Gasteiger partial charge in [-0.2, -0.15) is 0 Å². The number of hydrogen-bond donors (Lipinski definition) is 2. The van der Waals surface area contributed by atoms with Crippen molar-refractivity contribution < 1.29 is 4.79 Å². The Labute approximate surface area is 126 Å². The second kappa shape index (κ2) is 7.65. The van der Waals surface area contributed by atoms with Crippen LogP contribution in [0.5, 0.6) is 0 Å². The first kappa shape index (κ1) is 15.3. The van der Waals surface area contributed by atoms with E-state index < -0.39 is 0 Å². The van der Waals surface area contributed by atoms with Crippen LogP contribution in [-0.4, -0.2) is 25.0 Å². The van der Waals surface area contributed by atoms with E-state index in [1.54, 1.807) is 0 Å². The molecule has 110 valence electrons. The number of carbonyl (C=O) groups is 1. The van der Waals surface area contributed by atoms with Crippen LogP contribution in [0.2, 0.25) is 5.02 Å². The van der Waals surface area contributed by atoms with Gasteiger partial charge in [-0.15, -0.1) is 0 Å². The van der Waals surface area contributed by atoms with E-state index in [2.05, 4.69) is 17.6 Å². The van der Waals surface area contributed by atoms with Gasteiger partial charge in [0.2, 0.25) is 5.91 Å². The Morgan fingerprint density at radius 3 is 2.85 bits per heavy atom. The molecule has 1 amide bonds. The summed E-state index contributed by atoms with van der Waals surface area (Å²) in [6.45, 7) is 3.84. The molecule has 1 aromatic carbocycles. The maximum Gasteiger partial charge on any atom is 0.223 e. The first-order valence-corrected chi connectivity index (χ1v) is 7.78.